The van der Waals surface area contributed by atoms with Crippen molar-refractivity contribution in [1.82, 2.24) is 5.32 Å². The average Bonchev–Trinajstić information content (AvgIpc) is 2.25. The second-order valence-electron chi connectivity index (χ2n) is 4.54. The molecule has 2 unspecified atom stereocenters. The Morgan fingerprint density at radius 3 is 2.25 bits per heavy atom. The molecule has 0 radical (unpaired) electrons. The summed E-state index contributed by atoms with van der Waals surface area (Å²) in [4.78, 5) is 0. The Morgan fingerprint density at radius 1 is 1.25 bits per heavy atom. The molecule has 0 saturated heterocycles. The number of benzene rings is 1. The maximum absolute atomic E-state index is 6.29. The van der Waals surface area contributed by atoms with Crippen LogP contribution in [0.15, 0.2) is 24.3 Å². The zero-order valence-electron chi connectivity index (χ0n) is 10.2. The van der Waals surface area contributed by atoms with Crippen LogP contribution in [0.3, 0.4) is 0 Å². The Labute approximate surface area is 103 Å². The Bertz CT molecular complexity index is 308. The summed E-state index contributed by atoms with van der Waals surface area (Å²) in [5.74, 6) is 0.990. The molecule has 0 aliphatic rings. The third kappa shape index (κ3) is 3.48. The lowest BCUT2D eigenvalue weighted by Crippen LogP contribution is -2.33. The van der Waals surface area contributed by atoms with Gasteiger partial charge in [0.1, 0.15) is 0 Å². The van der Waals surface area contributed by atoms with Crippen molar-refractivity contribution in [3.63, 3.8) is 0 Å². The van der Waals surface area contributed by atoms with Crippen LogP contribution in [0, 0.1) is 11.8 Å². The average molecular weight is 241 g/mol. The van der Waals surface area contributed by atoms with Gasteiger partial charge < -0.3 is 11.1 Å². The summed E-state index contributed by atoms with van der Waals surface area (Å²) >= 11 is 5.87. The van der Waals surface area contributed by atoms with Crippen molar-refractivity contribution in [3.05, 3.63) is 34.9 Å². The third-order valence-electron chi connectivity index (χ3n) is 3.01. The first-order valence-corrected chi connectivity index (χ1v) is 6.09. The van der Waals surface area contributed by atoms with E-state index in [2.05, 4.69) is 19.2 Å². The van der Waals surface area contributed by atoms with Gasteiger partial charge in [-0.05, 0) is 43.1 Å². The molecule has 0 bridgehead atoms. The van der Waals surface area contributed by atoms with Gasteiger partial charge in [0.15, 0.2) is 0 Å². The van der Waals surface area contributed by atoms with E-state index in [-0.39, 0.29) is 6.04 Å². The minimum absolute atomic E-state index is 0.0599. The summed E-state index contributed by atoms with van der Waals surface area (Å²) in [6, 6.07) is 7.88. The number of nitrogens with two attached hydrogens (primary N) is 1. The molecule has 1 aromatic rings. The number of rotatable bonds is 5. The van der Waals surface area contributed by atoms with Crippen molar-refractivity contribution >= 4 is 11.6 Å². The first kappa shape index (κ1) is 13.5. The van der Waals surface area contributed by atoms with E-state index in [0.29, 0.717) is 11.8 Å². The van der Waals surface area contributed by atoms with E-state index in [0.717, 1.165) is 17.1 Å². The van der Waals surface area contributed by atoms with Crippen molar-refractivity contribution in [2.45, 2.75) is 19.9 Å². The lowest BCUT2D eigenvalue weighted by Gasteiger charge is -2.27. The summed E-state index contributed by atoms with van der Waals surface area (Å²) in [5.41, 5.74) is 7.44. The lowest BCUT2D eigenvalue weighted by atomic mass is 9.85. The first-order valence-electron chi connectivity index (χ1n) is 5.72. The van der Waals surface area contributed by atoms with Crippen LogP contribution in [-0.2, 0) is 0 Å². The molecule has 16 heavy (non-hydrogen) atoms. The number of halogens is 1. The van der Waals surface area contributed by atoms with E-state index in [9.17, 15) is 0 Å². The molecule has 3 N–H and O–H groups in total. The number of nitrogens with one attached hydrogen (secondary N) is 1. The number of hydrogen-bond donors (Lipinski definition) is 2. The molecule has 90 valence electrons. The minimum atomic E-state index is 0.0599. The SMILES string of the molecule is CNCC(C(C)C)C(N)c1ccc(Cl)cc1. The van der Waals surface area contributed by atoms with Gasteiger partial charge in [-0.15, -0.1) is 0 Å². The Kier molecular flexibility index (Phi) is 5.26. The maximum atomic E-state index is 6.29. The lowest BCUT2D eigenvalue weighted by molar-refractivity contribution is 0.314. The predicted octanol–water partition coefficient (Wildman–Crippen LogP) is 2.83. The second-order valence-corrected chi connectivity index (χ2v) is 4.98. The zero-order valence-corrected chi connectivity index (χ0v) is 11.0. The van der Waals surface area contributed by atoms with Crippen molar-refractivity contribution in [2.24, 2.45) is 17.6 Å². The molecule has 0 spiro atoms. The van der Waals surface area contributed by atoms with Crippen LogP contribution in [0.5, 0.6) is 0 Å². The van der Waals surface area contributed by atoms with Gasteiger partial charge in [0, 0.05) is 11.1 Å². The van der Waals surface area contributed by atoms with Gasteiger partial charge in [0.25, 0.3) is 0 Å². The molecule has 0 amide bonds. The van der Waals surface area contributed by atoms with Gasteiger partial charge in [0.05, 0.1) is 0 Å². The highest BCUT2D eigenvalue weighted by molar-refractivity contribution is 6.30. The van der Waals surface area contributed by atoms with E-state index >= 15 is 0 Å². The van der Waals surface area contributed by atoms with Gasteiger partial charge >= 0.3 is 0 Å². The molecule has 3 heteroatoms. The summed E-state index contributed by atoms with van der Waals surface area (Å²) in [6.07, 6.45) is 0. The molecule has 2 nitrogen and oxygen atoms in total. The minimum Gasteiger partial charge on any atom is -0.324 e. The summed E-state index contributed by atoms with van der Waals surface area (Å²) < 4.78 is 0. The standard InChI is InChI=1S/C13H21ClN2/c1-9(2)12(8-16-3)13(15)10-4-6-11(14)7-5-10/h4-7,9,12-13,16H,8,15H2,1-3H3. The maximum Gasteiger partial charge on any atom is 0.0406 e. The fourth-order valence-corrected chi connectivity index (χ4v) is 2.07. The van der Waals surface area contributed by atoms with Gasteiger partial charge in [-0.25, -0.2) is 0 Å². The fraction of sp³-hybridized carbons (Fsp3) is 0.538. The topological polar surface area (TPSA) is 38.0 Å². The molecule has 0 aromatic heterocycles. The van der Waals surface area contributed by atoms with Crippen molar-refractivity contribution in [2.75, 3.05) is 13.6 Å². The fourth-order valence-electron chi connectivity index (χ4n) is 1.95. The van der Waals surface area contributed by atoms with E-state index in [1.165, 1.54) is 0 Å². The largest absolute Gasteiger partial charge is 0.324 e. The smallest absolute Gasteiger partial charge is 0.0406 e. The quantitative estimate of drug-likeness (QED) is 0.831. The zero-order chi connectivity index (χ0) is 12.1. The highest BCUT2D eigenvalue weighted by Crippen LogP contribution is 2.26. The Balaban J connectivity index is 2.81. The molecular formula is C13H21ClN2. The molecule has 0 heterocycles. The molecule has 0 fully saturated rings. The van der Waals surface area contributed by atoms with E-state index < -0.39 is 0 Å². The van der Waals surface area contributed by atoms with Crippen LogP contribution in [0.25, 0.3) is 0 Å². The molecule has 0 aliphatic carbocycles. The van der Waals surface area contributed by atoms with Crippen LogP contribution in [0.1, 0.15) is 25.5 Å². The highest BCUT2D eigenvalue weighted by Gasteiger charge is 2.21. The van der Waals surface area contributed by atoms with Crippen LogP contribution >= 0.6 is 11.6 Å². The van der Waals surface area contributed by atoms with E-state index in [1.54, 1.807) is 0 Å². The van der Waals surface area contributed by atoms with Crippen molar-refractivity contribution < 1.29 is 0 Å². The van der Waals surface area contributed by atoms with E-state index in [1.807, 2.05) is 31.3 Å². The van der Waals surface area contributed by atoms with Gasteiger partial charge in [-0.2, -0.15) is 0 Å². The van der Waals surface area contributed by atoms with Gasteiger partial charge in [-0.1, -0.05) is 37.6 Å². The van der Waals surface area contributed by atoms with Crippen LogP contribution < -0.4 is 11.1 Å². The summed E-state index contributed by atoms with van der Waals surface area (Å²) in [5, 5.41) is 3.96. The summed E-state index contributed by atoms with van der Waals surface area (Å²) in [7, 11) is 1.96. The third-order valence-corrected chi connectivity index (χ3v) is 3.26. The normalized spacial score (nSPS) is 15.1. The molecule has 0 aliphatic heterocycles. The van der Waals surface area contributed by atoms with Crippen molar-refractivity contribution in [3.8, 4) is 0 Å². The van der Waals surface area contributed by atoms with Crippen molar-refractivity contribution in [1.29, 1.82) is 0 Å². The number of hydrogen-bond acceptors (Lipinski definition) is 2. The van der Waals surface area contributed by atoms with Crippen LogP contribution in [0.4, 0.5) is 0 Å². The first-order chi connectivity index (χ1) is 7.56. The summed E-state index contributed by atoms with van der Waals surface area (Å²) in [6.45, 7) is 5.34. The van der Waals surface area contributed by atoms with E-state index in [4.69, 9.17) is 17.3 Å². The Hall–Kier alpha value is -0.570. The highest BCUT2D eigenvalue weighted by atomic mass is 35.5. The van der Waals surface area contributed by atoms with Crippen LogP contribution in [0.2, 0.25) is 5.02 Å². The molecule has 0 saturated carbocycles. The molecule has 2 atom stereocenters. The molecule has 1 rings (SSSR count). The molecule has 1 aromatic carbocycles. The molecular weight excluding hydrogens is 220 g/mol. The second kappa shape index (κ2) is 6.24. The predicted molar refractivity (Wildman–Crippen MR) is 70.6 cm³/mol. The van der Waals surface area contributed by atoms with Crippen LogP contribution in [-0.4, -0.2) is 13.6 Å². The Morgan fingerprint density at radius 2 is 1.81 bits per heavy atom. The van der Waals surface area contributed by atoms with Gasteiger partial charge in [0.2, 0.25) is 0 Å². The van der Waals surface area contributed by atoms with Gasteiger partial charge in [-0.3, -0.25) is 0 Å². The monoisotopic (exact) mass is 240 g/mol.